The van der Waals surface area contributed by atoms with Gasteiger partial charge in [-0.2, -0.15) is 0 Å². The van der Waals surface area contributed by atoms with Crippen LogP contribution in [0.2, 0.25) is 10.0 Å². The highest BCUT2D eigenvalue weighted by Crippen LogP contribution is 2.22. The van der Waals surface area contributed by atoms with E-state index in [0.29, 0.717) is 41.8 Å². The van der Waals surface area contributed by atoms with Gasteiger partial charge in [0.15, 0.2) is 0 Å². The minimum Gasteiger partial charge on any atom is -0.338 e. The fourth-order valence-corrected chi connectivity index (χ4v) is 2.61. The normalized spacial score (nSPS) is 15.3. The summed E-state index contributed by atoms with van der Waals surface area (Å²) in [7, 11) is 0. The van der Waals surface area contributed by atoms with E-state index in [2.05, 4.69) is 0 Å². The molecule has 7 heteroatoms. The second-order valence-electron chi connectivity index (χ2n) is 4.50. The Morgan fingerprint density at radius 1 is 1.10 bits per heavy atom. The van der Waals surface area contributed by atoms with E-state index >= 15 is 0 Å². The Bertz CT molecular complexity index is 528. The van der Waals surface area contributed by atoms with Crippen molar-refractivity contribution in [3.63, 3.8) is 0 Å². The minimum atomic E-state index is -0.147. The van der Waals surface area contributed by atoms with Gasteiger partial charge in [0.05, 0.1) is 17.1 Å². The molecule has 1 fully saturated rings. The van der Waals surface area contributed by atoms with Gasteiger partial charge in [0.25, 0.3) is 5.91 Å². The summed E-state index contributed by atoms with van der Waals surface area (Å²) in [5, 5.41) is 0.827. The lowest BCUT2D eigenvalue weighted by molar-refractivity contribution is -0.131. The standard InChI is InChI=1S/C13H15Cl2N3O2/c14-9-1-2-10(11(15)7-9)13(20)18-5-3-17(4-6-18)12(19)8-16/h1-2,7H,3-6,8,16H2. The first kappa shape index (κ1) is 15.1. The molecule has 0 aliphatic carbocycles. The molecule has 1 aromatic rings. The Morgan fingerprint density at radius 2 is 1.70 bits per heavy atom. The highest BCUT2D eigenvalue weighted by molar-refractivity contribution is 6.36. The van der Waals surface area contributed by atoms with Gasteiger partial charge in [0, 0.05) is 31.2 Å². The highest BCUT2D eigenvalue weighted by Gasteiger charge is 2.25. The second-order valence-corrected chi connectivity index (χ2v) is 5.34. The Balaban J connectivity index is 2.03. The summed E-state index contributed by atoms with van der Waals surface area (Å²) < 4.78 is 0. The third-order valence-electron chi connectivity index (χ3n) is 3.26. The van der Waals surface area contributed by atoms with Crippen LogP contribution in [0, 0.1) is 0 Å². The van der Waals surface area contributed by atoms with Crippen LogP contribution in [-0.4, -0.2) is 54.3 Å². The summed E-state index contributed by atoms with van der Waals surface area (Å²) in [4.78, 5) is 27.2. The molecule has 1 saturated heterocycles. The molecule has 1 heterocycles. The first-order chi connectivity index (χ1) is 9.52. The largest absolute Gasteiger partial charge is 0.338 e. The number of amides is 2. The molecule has 0 unspecified atom stereocenters. The van der Waals surface area contributed by atoms with Crippen molar-refractivity contribution in [3.8, 4) is 0 Å². The molecule has 0 spiro atoms. The van der Waals surface area contributed by atoms with Crippen molar-refractivity contribution in [1.82, 2.24) is 9.80 Å². The van der Waals surface area contributed by atoms with E-state index in [-0.39, 0.29) is 18.4 Å². The molecule has 1 aromatic carbocycles. The van der Waals surface area contributed by atoms with Gasteiger partial charge in [-0.05, 0) is 18.2 Å². The van der Waals surface area contributed by atoms with Gasteiger partial charge in [0.2, 0.25) is 5.91 Å². The monoisotopic (exact) mass is 315 g/mol. The molecule has 2 rings (SSSR count). The van der Waals surface area contributed by atoms with Crippen molar-refractivity contribution in [1.29, 1.82) is 0 Å². The number of hydrogen-bond acceptors (Lipinski definition) is 3. The van der Waals surface area contributed by atoms with Gasteiger partial charge in [-0.1, -0.05) is 23.2 Å². The fraction of sp³-hybridized carbons (Fsp3) is 0.385. The lowest BCUT2D eigenvalue weighted by Gasteiger charge is -2.34. The van der Waals surface area contributed by atoms with E-state index in [1.807, 2.05) is 0 Å². The van der Waals surface area contributed by atoms with E-state index in [4.69, 9.17) is 28.9 Å². The van der Waals surface area contributed by atoms with Gasteiger partial charge >= 0.3 is 0 Å². The third-order valence-corrected chi connectivity index (χ3v) is 3.80. The number of benzene rings is 1. The first-order valence-electron chi connectivity index (χ1n) is 6.25. The van der Waals surface area contributed by atoms with Gasteiger partial charge in [-0.15, -0.1) is 0 Å². The zero-order valence-corrected chi connectivity index (χ0v) is 12.3. The molecular weight excluding hydrogens is 301 g/mol. The minimum absolute atomic E-state index is 0.00302. The number of nitrogens with two attached hydrogens (primary N) is 1. The molecule has 2 N–H and O–H groups in total. The number of halogens is 2. The molecule has 0 saturated carbocycles. The van der Waals surface area contributed by atoms with Crippen LogP contribution in [0.3, 0.4) is 0 Å². The lowest BCUT2D eigenvalue weighted by Crippen LogP contribution is -2.51. The number of carbonyl (C=O) groups is 2. The van der Waals surface area contributed by atoms with Gasteiger partial charge in [-0.3, -0.25) is 9.59 Å². The van der Waals surface area contributed by atoms with E-state index in [1.54, 1.807) is 28.0 Å². The molecule has 0 atom stereocenters. The molecule has 0 bridgehead atoms. The Hall–Kier alpha value is -1.30. The molecule has 2 amide bonds. The summed E-state index contributed by atoms with van der Waals surface area (Å²) in [6.45, 7) is 1.93. The van der Waals surface area contributed by atoms with E-state index in [1.165, 1.54) is 0 Å². The number of piperazine rings is 1. The van der Waals surface area contributed by atoms with Crippen molar-refractivity contribution in [2.24, 2.45) is 5.73 Å². The Kier molecular flexibility index (Phi) is 4.86. The molecule has 1 aliphatic rings. The van der Waals surface area contributed by atoms with Gasteiger partial charge < -0.3 is 15.5 Å². The van der Waals surface area contributed by atoms with Gasteiger partial charge in [-0.25, -0.2) is 0 Å². The quantitative estimate of drug-likeness (QED) is 0.892. The van der Waals surface area contributed by atoms with Crippen LogP contribution in [0.4, 0.5) is 0 Å². The maximum Gasteiger partial charge on any atom is 0.255 e. The smallest absolute Gasteiger partial charge is 0.255 e. The number of rotatable bonds is 2. The molecule has 0 radical (unpaired) electrons. The molecular formula is C13H15Cl2N3O2. The molecule has 20 heavy (non-hydrogen) atoms. The third kappa shape index (κ3) is 3.23. The molecule has 0 aromatic heterocycles. The van der Waals surface area contributed by atoms with Crippen molar-refractivity contribution in [2.75, 3.05) is 32.7 Å². The van der Waals surface area contributed by atoms with Crippen molar-refractivity contribution in [2.45, 2.75) is 0 Å². The summed E-state index contributed by atoms with van der Waals surface area (Å²) >= 11 is 11.8. The van der Waals surface area contributed by atoms with Crippen molar-refractivity contribution in [3.05, 3.63) is 33.8 Å². The van der Waals surface area contributed by atoms with E-state index in [0.717, 1.165) is 0 Å². The predicted octanol–water partition coefficient (Wildman–Crippen LogP) is 1.24. The lowest BCUT2D eigenvalue weighted by atomic mass is 10.1. The SMILES string of the molecule is NCC(=O)N1CCN(C(=O)c2ccc(Cl)cc2Cl)CC1. The number of nitrogens with zero attached hydrogens (tertiary/aromatic N) is 2. The summed E-state index contributed by atoms with van der Waals surface area (Å²) in [5.41, 5.74) is 5.75. The van der Waals surface area contributed by atoms with Gasteiger partial charge in [0.1, 0.15) is 0 Å². The first-order valence-corrected chi connectivity index (χ1v) is 7.00. The average Bonchev–Trinajstić information content (AvgIpc) is 2.46. The number of carbonyl (C=O) groups excluding carboxylic acids is 2. The molecule has 108 valence electrons. The van der Waals surface area contributed by atoms with Crippen LogP contribution in [0.15, 0.2) is 18.2 Å². The maximum atomic E-state index is 12.3. The fourth-order valence-electron chi connectivity index (χ4n) is 2.12. The van der Waals surface area contributed by atoms with Crippen molar-refractivity contribution >= 4 is 35.0 Å². The van der Waals surface area contributed by atoms with Crippen LogP contribution < -0.4 is 5.73 Å². The summed E-state index contributed by atoms with van der Waals surface area (Å²) in [5.74, 6) is -0.242. The maximum absolute atomic E-state index is 12.3. The van der Waals surface area contributed by atoms with Crippen LogP contribution >= 0.6 is 23.2 Å². The van der Waals surface area contributed by atoms with E-state index in [9.17, 15) is 9.59 Å². The van der Waals surface area contributed by atoms with Crippen molar-refractivity contribution < 1.29 is 9.59 Å². The summed E-state index contributed by atoms with van der Waals surface area (Å²) in [6.07, 6.45) is 0. The zero-order chi connectivity index (χ0) is 14.7. The number of hydrogen-bond donors (Lipinski definition) is 1. The highest BCUT2D eigenvalue weighted by atomic mass is 35.5. The average molecular weight is 316 g/mol. The van der Waals surface area contributed by atoms with Crippen LogP contribution in [-0.2, 0) is 4.79 Å². The predicted molar refractivity (Wildman–Crippen MR) is 78.0 cm³/mol. The second kappa shape index (κ2) is 6.43. The molecule has 5 nitrogen and oxygen atoms in total. The summed E-state index contributed by atoms with van der Waals surface area (Å²) in [6, 6.07) is 4.80. The van der Waals surface area contributed by atoms with Crippen LogP contribution in [0.5, 0.6) is 0 Å². The van der Waals surface area contributed by atoms with Crippen LogP contribution in [0.25, 0.3) is 0 Å². The topological polar surface area (TPSA) is 66.6 Å². The Labute approximate surface area is 127 Å². The Morgan fingerprint density at radius 3 is 2.25 bits per heavy atom. The van der Waals surface area contributed by atoms with Crippen LogP contribution in [0.1, 0.15) is 10.4 Å². The van der Waals surface area contributed by atoms with E-state index < -0.39 is 0 Å². The molecule has 1 aliphatic heterocycles. The zero-order valence-electron chi connectivity index (χ0n) is 10.8.